The highest BCUT2D eigenvalue weighted by atomic mass is 32.1. The van der Waals surface area contributed by atoms with Gasteiger partial charge in [0.15, 0.2) is 5.13 Å². The monoisotopic (exact) mass is 357 g/mol. The third kappa shape index (κ3) is 3.00. The molecular weight excluding hydrogens is 341 g/mol. The van der Waals surface area contributed by atoms with Gasteiger partial charge >= 0.3 is 0 Å². The van der Waals surface area contributed by atoms with Crippen molar-refractivity contribution in [1.82, 2.24) is 19.9 Å². The molecule has 0 saturated carbocycles. The van der Waals surface area contributed by atoms with Crippen LogP contribution in [-0.4, -0.2) is 27.0 Å². The van der Waals surface area contributed by atoms with Crippen LogP contribution in [0.2, 0.25) is 0 Å². The van der Waals surface area contributed by atoms with Crippen LogP contribution in [0, 0.1) is 12.7 Å². The van der Waals surface area contributed by atoms with Crippen molar-refractivity contribution in [3.8, 4) is 5.69 Å². The zero-order valence-corrected chi connectivity index (χ0v) is 14.4. The lowest BCUT2D eigenvalue weighted by Crippen LogP contribution is -2.30. The molecule has 1 aliphatic rings. The first-order valence-electron chi connectivity index (χ1n) is 7.92. The van der Waals surface area contributed by atoms with E-state index >= 15 is 0 Å². The van der Waals surface area contributed by atoms with Crippen LogP contribution < -0.4 is 10.6 Å². The highest BCUT2D eigenvalue weighted by molar-refractivity contribution is 7.17. The number of nitrogens with one attached hydrogen (secondary N) is 2. The van der Waals surface area contributed by atoms with Gasteiger partial charge < -0.3 is 15.2 Å². The number of carbonyl (C=O) groups excluding carboxylic acids is 1. The van der Waals surface area contributed by atoms with Crippen molar-refractivity contribution in [3.05, 3.63) is 58.4 Å². The van der Waals surface area contributed by atoms with Crippen LogP contribution in [0.25, 0.3) is 5.69 Å². The molecule has 8 heteroatoms. The van der Waals surface area contributed by atoms with Gasteiger partial charge in [-0.05, 0) is 24.6 Å². The van der Waals surface area contributed by atoms with Crippen molar-refractivity contribution < 1.29 is 9.18 Å². The van der Waals surface area contributed by atoms with Crippen LogP contribution >= 0.6 is 11.3 Å². The maximum absolute atomic E-state index is 14.4. The van der Waals surface area contributed by atoms with Crippen molar-refractivity contribution >= 4 is 22.4 Å². The summed E-state index contributed by atoms with van der Waals surface area (Å²) in [5, 5.41) is 6.65. The van der Waals surface area contributed by atoms with E-state index in [-0.39, 0.29) is 11.7 Å². The Morgan fingerprint density at radius 3 is 3.04 bits per heavy atom. The molecule has 2 aromatic heterocycles. The quantitative estimate of drug-likeness (QED) is 0.753. The van der Waals surface area contributed by atoms with Crippen LogP contribution in [0.5, 0.6) is 0 Å². The predicted octanol–water partition coefficient (Wildman–Crippen LogP) is 2.67. The topological polar surface area (TPSA) is 71.8 Å². The van der Waals surface area contributed by atoms with Gasteiger partial charge in [-0.3, -0.25) is 4.79 Å². The van der Waals surface area contributed by atoms with E-state index in [1.54, 1.807) is 23.0 Å². The van der Waals surface area contributed by atoms with E-state index in [2.05, 4.69) is 20.6 Å². The second-order valence-corrected chi connectivity index (χ2v) is 6.78. The number of aromatic nitrogens is 3. The Hall–Kier alpha value is -2.74. The molecule has 128 valence electrons. The summed E-state index contributed by atoms with van der Waals surface area (Å²) in [4.78, 5) is 21.0. The largest absolute Gasteiger partial charge is 0.357 e. The first kappa shape index (κ1) is 15.8. The van der Waals surface area contributed by atoms with E-state index in [0.717, 1.165) is 23.5 Å². The molecule has 0 fully saturated rings. The van der Waals surface area contributed by atoms with Gasteiger partial charge in [0, 0.05) is 31.9 Å². The molecule has 4 rings (SSSR count). The standard InChI is InChI=1S/C17H16FN5OS/c1-10-19-6-7-23(10)14-3-2-11(8-12(14)18)9-21-17-22-13-4-5-20-16(24)15(13)25-17/h2-3,6-8H,4-5,9H2,1H3,(H,20,24)(H,21,22). The molecule has 0 aliphatic carbocycles. The summed E-state index contributed by atoms with van der Waals surface area (Å²) in [6.07, 6.45) is 4.12. The first-order chi connectivity index (χ1) is 12.1. The number of amides is 1. The van der Waals surface area contributed by atoms with E-state index in [1.807, 2.05) is 13.0 Å². The summed E-state index contributed by atoms with van der Waals surface area (Å²) in [7, 11) is 0. The Morgan fingerprint density at radius 1 is 1.44 bits per heavy atom. The van der Waals surface area contributed by atoms with E-state index in [1.165, 1.54) is 17.4 Å². The Labute approximate surface area is 147 Å². The maximum atomic E-state index is 14.4. The number of hydrogen-bond donors (Lipinski definition) is 2. The molecule has 1 aliphatic heterocycles. The van der Waals surface area contributed by atoms with Gasteiger partial charge in [-0.1, -0.05) is 17.4 Å². The van der Waals surface area contributed by atoms with E-state index < -0.39 is 0 Å². The average molecular weight is 357 g/mol. The Balaban J connectivity index is 1.50. The number of fused-ring (bicyclic) bond motifs is 1. The number of thiazole rings is 1. The molecule has 1 amide bonds. The fourth-order valence-electron chi connectivity index (χ4n) is 2.81. The summed E-state index contributed by atoms with van der Waals surface area (Å²) in [5.41, 5.74) is 2.10. The van der Waals surface area contributed by atoms with Gasteiger partial charge in [0.1, 0.15) is 16.5 Å². The molecule has 0 spiro atoms. The number of nitrogens with zero attached hydrogens (tertiary/aromatic N) is 3. The van der Waals surface area contributed by atoms with Crippen LogP contribution in [0.15, 0.2) is 30.6 Å². The summed E-state index contributed by atoms with van der Waals surface area (Å²) in [5.74, 6) is 0.354. The fourth-order valence-corrected chi connectivity index (χ4v) is 3.74. The van der Waals surface area contributed by atoms with Crippen LogP contribution in [-0.2, 0) is 13.0 Å². The molecule has 25 heavy (non-hydrogen) atoms. The zero-order chi connectivity index (χ0) is 17.4. The van der Waals surface area contributed by atoms with Crippen LogP contribution in [0.4, 0.5) is 9.52 Å². The lowest BCUT2D eigenvalue weighted by molar-refractivity contribution is 0.0950. The summed E-state index contributed by atoms with van der Waals surface area (Å²) in [6.45, 7) is 2.89. The molecule has 0 atom stereocenters. The Kier molecular flexibility index (Phi) is 3.96. The van der Waals surface area contributed by atoms with Gasteiger partial charge in [-0.15, -0.1) is 0 Å². The molecule has 2 N–H and O–H groups in total. The molecule has 0 radical (unpaired) electrons. The molecule has 3 heterocycles. The van der Waals surface area contributed by atoms with Crippen molar-refractivity contribution in [2.75, 3.05) is 11.9 Å². The number of halogens is 1. The molecule has 3 aromatic rings. The van der Waals surface area contributed by atoms with Gasteiger partial charge in [0.05, 0.1) is 11.4 Å². The minimum atomic E-state index is -0.307. The van der Waals surface area contributed by atoms with Crippen LogP contribution in [0.3, 0.4) is 0 Å². The molecule has 0 unspecified atom stereocenters. The highest BCUT2D eigenvalue weighted by Crippen LogP contribution is 2.26. The van der Waals surface area contributed by atoms with Gasteiger partial charge in [0.2, 0.25) is 0 Å². The lowest BCUT2D eigenvalue weighted by Gasteiger charge is -2.09. The molecule has 0 saturated heterocycles. The maximum Gasteiger partial charge on any atom is 0.263 e. The predicted molar refractivity (Wildman–Crippen MR) is 93.7 cm³/mol. The number of benzene rings is 1. The van der Waals surface area contributed by atoms with E-state index in [9.17, 15) is 9.18 Å². The number of imidazole rings is 1. The van der Waals surface area contributed by atoms with Crippen LogP contribution in [0.1, 0.15) is 26.8 Å². The Bertz CT molecular complexity index is 948. The summed E-state index contributed by atoms with van der Waals surface area (Å²) >= 11 is 1.33. The van der Waals surface area contributed by atoms with Crippen molar-refractivity contribution in [2.24, 2.45) is 0 Å². The zero-order valence-electron chi connectivity index (χ0n) is 13.5. The molecule has 1 aromatic carbocycles. The van der Waals surface area contributed by atoms with Crippen molar-refractivity contribution in [3.63, 3.8) is 0 Å². The third-order valence-corrected chi connectivity index (χ3v) is 5.15. The first-order valence-corrected chi connectivity index (χ1v) is 8.74. The van der Waals surface area contributed by atoms with Crippen molar-refractivity contribution in [1.29, 1.82) is 0 Å². The van der Waals surface area contributed by atoms with E-state index in [4.69, 9.17) is 0 Å². The fraction of sp³-hybridized carbons (Fsp3) is 0.235. The second-order valence-electron chi connectivity index (χ2n) is 5.78. The number of hydrogen-bond acceptors (Lipinski definition) is 5. The number of carbonyl (C=O) groups is 1. The average Bonchev–Trinajstić information content (AvgIpc) is 3.20. The minimum absolute atomic E-state index is 0.0714. The Morgan fingerprint density at radius 2 is 2.32 bits per heavy atom. The number of aryl methyl sites for hydroxylation is 1. The lowest BCUT2D eigenvalue weighted by atomic mass is 10.2. The third-order valence-electron chi connectivity index (χ3n) is 4.09. The van der Waals surface area contributed by atoms with Gasteiger partial charge in [-0.2, -0.15) is 0 Å². The smallest absolute Gasteiger partial charge is 0.263 e. The normalized spacial score (nSPS) is 13.4. The summed E-state index contributed by atoms with van der Waals surface area (Å²) < 4.78 is 16.1. The second kappa shape index (κ2) is 6.29. The number of anilines is 1. The SMILES string of the molecule is Cc1nccn1-c1ccc(CNc2nc3c(s2)C(=O)NCC3)cc1F. The molecular formula is C17H16FN5OS. The molecule has 0 bridgehead atoms. The van der Waals surface area contributed by atoms with Gasteiger partial charge in [-0.25, -0.2) is 14.4 Å². The van der Waals surface area contributed by atoms with Gasteiger partial charge in [0.25, 0.3) is 5.91 Å². The number of rotatable bonds is 4. The summed E-state index contributed by atoms with van der Waals surface area (Å²) in [6, 6.07) is 5.11. The molecule has 6 nitrogen and oxygen atoms in total. The minimum Gasteiger partial charge on any atom is -0.357 e. The highest BCUT2D eigenvalue weighted by Gasteiger charge is 2.21. The van der Waals surface area contributed by atoms with Crippen molar-refractivity contribution in [2.45, 2.75) is 19.9 Å². The van der Waals surface area contributed by atoms with E-state index in [0.29, 0.717) is 28.8 Å².